The van der Waals surface area contributed by atoms with Crippen molar-refractivity contribution in [3.8, 4) is 0 Å². The molecule has 15 heavy (non-hydrogen) atoms. The lowest BCUT2D eigenvalue weighted by molar-refractivity contribution is 0.505. The average molecular weight is 255 g/mol. The van der Waals surface area contributed by atoms with Gasteiger partial charge in [0.15, 0.2) is 9.84 Å². The summed E-state index contributed by atoms with van der Waals surface area (Å²) in [7, 11) is -6.31. The number of nitrogens with one attached hydrogen (secondary N) is 1. The molecule has 1 aliphatic heterocycles. The normalized spacial score (nSPS) is 26.3. The van der Waals surface area contributed by atoms with Gasteiger partial charge in [0.25, 0.3) is 0 Å². The molecule has 0 bridgehead atoms. The summed E-state index contributed by atoms with van der Waals surface area (Å²) >= 11 is 0. The van der Waals surface area contributed by atoms with Crippen LogP contribution in [0.2, 0.25) is 0 Å². The van der Waals surface area contributed by atoms with Gasteiger partial charge in [-0.05, 0) is 18.8 Å². The van der Waals surface area contributed by atoms with Gasteiger partial charge in [-0.1, -0.05) is 6.92 Å². The molecule has 1 atom stereocenters. The first-order valence-corrected chi connectivity index (χ1v) is 8.50. The number of sulfonamides is 1. The average Bonchev–Trinajstić information content (AvgIpc) is 1.99. The van der Waals surface area contributed by atoms with E-state index >= 15 is 0 Å². The van der Waals surface area contributed by atoms with Gasteiger partial charge in [-0.15, -0.1) is 0 Å². The third-order valence-electron chi connectivity index (χ3n) is 2.38. The van der Waals surface area contributed by atoms with Crippen molar-refractivity contribution in [1.82, 2.24) is 4.72 Å². The van der Waals surface area contributed by atoms with Gasteiger partial charge >= 0.3 is 0 Å². The lowest BCUT2D eigenvalue weighted by atomic mass is 10.1. The first-order chi connectivity index (χ1) is 6.85. The highest BCUT2D eigenvalue weighted by Gasteiger charge is 2.28. The molecule has 1 heterocycles. The Bertz CT molecular complexity index is 398. The molecule has 1 saturated heterocycles. The fourth-order valence-corrected chi connectivity index (χ4v) is 5.23. The predicted molar refractivity (Wildman–Crippen MR) is 58.8 cm³/mol. The zero-order valence-corrected chi connectivity index (χ0v) is 10.4. The maximum Gasteiger partial charge on any atom is 0.211 e. The zero-order chi connectivity index (χ0) is 11.5. The summed E-state index contributed by atoms with van der Waals surface area (Å²) in [6.45, 7) is 2.05. The predicted octanol–water partition coefficient (Wildman–Crippen LogP) is -0.249. The monoisotopic (exact) mass is 255 g/mol. The molecular weight excluding hydrogens is 238 g/mol. The van der Waals surface area contributed by atoms with Crippen LogP contribution in [0.25, 0.3) is 0 Å². The highest BCUT2D eigenvalue weighted by molar-refractivity contribution is 7.91. The van der Waals surface area contributed by atoms with Gasteiger partial charge in [-0.2, -0.15) is 0 Å². The smallest absolute Gasteiger partial charge is 0.211 e. The number of rotatable bonds is 4. The zero-order valence-electron chi connectivity index (χ0n) is 8.77. The fraction of sp³-hybridized carbons (Fsp3) is 1.00. The van der Waals surface area contributed by atoms with Crippen LogP contribution in [0.4, 0.5) is 0 Å². The van der Waals surface area contributed by atoms with Crippen LogP contribution in [0.5, 0.6) is 0 Å². The first-order valence-electron chi connectivity index (χ1n) is 5.02. The molecule has 0 spiro atoms. The van der Waals surface area contributed by atoms with E-state index in [2.05, 4.69) is 4.72 Å². The van der Waals surface area contributed by atoms with Crippen molar-refractivity contribution in [2.45, 2.75) is 19.8 Å². The van der Waals surface area contributed by atoms with E-state index < -0.39 is 19.9 Å². The molecule has 0 amide bonds. The van der Waals surface area contributed by atoms with E-state index in [0.29, 0.717) is 19.4 Å². The Morgan fingerprint density at radius 1 is 1.40 bits per heavy atom. The molecule has 5 nitrogen and oxygen atoms in total. The van der Waals surface area contributed by atoms with Crippen LogP contribution in [0, 0.1) is 5.92 Å². The van der Waals surface area contributed by atoms with Crippen LogP contribution < -0.4 is 4.72 Å². The van der Waals surface area contributed by atoms with E-state index in [0.717, 1.165) is 0 Å². The van der Waals surface area contributed by atoms with E-state index in [-0.39, 0.29) is 23.2 Å². The van der Waals surface area contributed by atoms with Gasteiger partial charge in [0.1, 0.15) is 0 Å². The molecule has 90 valence electrons. The van der Waals surface area contributed by atoms with Gasteiger partial charge in [0.05, 0.1) is 17.3 Å². The standard InChI is InChI=1S/C8H17NO4S2/c1-2-9-15(12,13)7-8-4-3-5-14(10,11)6-8/h8-9H,2-7H2,1H3. The molecule has 1 fully saturated rings. The van der Waals surface area contributed by atoms with E-state index in [4.69, 9.17) is 0 Å². The molecule has 0 aromatic heterocycles. The van der Waals surface area contributed by atoms with Crippen molar-refractivity contribution >= 4 is 19.9 Å². The van der Waals surface area contributed by atoms with Crippen LogP contribution >= 0.6 is 0 Å². The summed E-state index contributed by atoms with van der Waals surface area (Å²) in [6, 6.07) is 0. The van der Waals surface area contributed by atoms with Gasteiger partial charge in [-0.3, -0.25) is 0 Å². The lowest BCUT2D eigenvalue weighted by Gasteiger charge is -2.21. The van der Waals surface area contributed by atoms with Gasteiger partial charge in [0, 0.05) is 6.54 Å². The first kappa shape index (κ1) is 12.9. The highest BCUT2D eigenvalue weighted by atomic mass is 32.2. The lowest BCUT2D eigenvalue weighted by Crippen LogP contribution is -2.35. The molecule has 1 aliphatic rings. The summed E-state index contributed by atoms with van der Waals surface area (Å²) < 4.78 is 47.8. The van der Waals surface area contributed by atoms with Crippen molar-refractivity contribution < 1.29 is 16.8 Å². The summed E-state index contributed by atoms with van der Waals surface area (Å²) in [5.41, 5.74) is 0. The van der Waals surface area contributed by atoms with Crippen LogP contribution in [-0.2, 0) is 19.9 Å². The number of sulfone groups is 1. The van der Waals surface area contributed by atoms with Crippen molar-refractivity contribution in [3.63, 3.8) is 0 Å². The quantitative estimate of drug-likeness (QED) is 0.751. The van der Waals surface area contributed by atoms with Crippen LogP contribution in [-0.4, -0.2) is 40.6 Å². The van der Waals surface area contributed by atoms with Gasteiger partial charge < -0.3 is 0 Å². The van der Waals surface area contributed by atoms with E-state index in [1.165, 1.54) is 0 Å². The molecule has 0 saturated carbocycles. The molecule has 1 unspecified atom stereocenters. The van der Waals surface area contributed by atoms with E-state index in [1.54, 1.807) is 6.92 Å². The molecule has 0 aliphatic carbocycles. The molecule has 0 radical (unpaired) electrons. The number of hydrogen-bond donors (Lipinski definition) is 1. The van der Waals surface area contributed by atoms with E-state index in [1.807, 2.05) is 0 Å². The Labute approximate surface area is 91.2 Å². The molecule has 7 heteroatoms. The Morgan fingerprint density at radius 2 is 2.07 bits per heavy atom. The van der Waals surface area contributed by atoms with Crippen molar-refractivity contribution in [2.75, 3.05) is 23.8 Å². The number of hydrogen-bond acceptors (Lipinski definition) is 4. The fourth-order valence-electron chi connectivity index (χ4n) is 1.84. The third kappa shape index (κ3) is 4.48. The second-order valence-corrected chi connectivity index (χ2v) is 7.98. The van der Waals surface area contributed by atoms with Crippen LogP contribution in [0.15, 0.2) is 0 Å². The van der Waals surface area contributed by atoms with Gasteiger partial charge in [0.2, 0.25) is 10.0 Å². The molecular formula is C8H17NO4S2. The molecule has 1 N–H and O–H groups in total. The topological polar surface area (TPSA) is 80.3 Å². The molecule has 0 aromatic rings. The molecule has 0 aromatic carbocycles. The minimum Gasteiger partial charge on any atom is -0.229 e. The Hall–Kier alpha value is -0.140. The third-order valence-corrected chi connectivity index (χ3v) is 5.91. The second-order valence-electron chi connectivity index (χ2n) is 3.90. The van der Waals surface area contributed by atoms with Gasteiger partial charge in [-0.25, -0.2) is 21.6 Å². The minimum absolute atomic E-state index is 0.0115. The Morgan fingerprint density at radius 3 is 2.60 bits per heavy atom. The maximum absolute atomic E-state index is 11.4. The Balaban J connectivity index is 2.60. The summed E-state index contributed by atoms with van der Waals surface area (Å²) in [5, 5.41) is 0. The van der Waals surface area contributed by atoms with E-state index in [9.17, 15) is 16.8 Å². The van der Waals surface area contributed by atoms with Crippen molar-refractivity contribution in [3.05, 3.63) is 0 Å². The SMILES string of the molecule is CCNS(=O)(=O)CC1CCCS(=O)(=O)C1. The summed E-state index contributed by atoms with van der Waals surface area (Å²) in [4.78, 5) is 0. The van der Waals surface area contributed by atoms with Crippen LogP contribution in [0.1, 0.15) is 19.8 Å². The summed E-state index contributed by atoms with van der Waals surface area (Å²) in [5.74, 6) is -0.101. The van der Waals surface area contributed by atoms with Crippen molar-refractivity contribution in [1.29, 1.82) is 0 Å². The maximum atomic E-state index is 11.4. The second kappa shape index (κ2) is 4.80. The Kier molecular flexibility index (Phi) is 4.13. The van der Waals surface area contributed by atoms with Crippen LogP contribution in [0.3, 0.4) is 0 Å². The highest BCUT2D eigenvalue weighted by Crippen LogP contribution is 2.19. The molecule has 1 rings (SSSR count). The minimum atomic E-state index is -3.30. The summed E-state index contributed by atoms with van der Waals surface area (Å²) in [6.07, 6.45) is 1.26. The largest absolute Gasteiger partial charge is 0.229 e. The van der Waals surface area contributed by atoms with Crippen molar-refractivity contribution in [2.24, 2.45) is 5.92 Å².